The summed E-state index contributed by atoms with van der Waals surface area (Å²) in [6, 6.07) is 75.2. The van der Waals surface area contributed by atoms with E-state index in [0.717, 1.165) is 12.8 Å². The maximum atomic E-state index is 2.51. The van der Waals surface area contributed by atoms with E-state index in [1.54, 1.807) is 0 Å². The van der Waals surface area contributed by atoms with Crippen LogP contribution in [0.5, 0.6) is 0 Å². The number of fused-ring (bicyclic) bond motifs is 6. The van der Waals surface area contributed by atoms with E-state index >= 15 is 0 Å². The zero-order valence-corrected chi connectivity index (χ0v) is 31.2. The van der Waals surface area contributed by atoms with Gasteiger partial charge in [-0.15, -0.1) is 0 Å². The van der Waals surface area contributed by atoms with Gasteiger partial charge >= 0.3 is 0 Å². The van der Waals surface area contributed by atoms with Crippen molar-refractivity contribution in [3.8, 4) is 33.4 Å². The minimum absolute atomic E-state index is 0.109. The molecule has 0 heterocycles. The van der Waals surface area contributed by atoms with E-state index in [4.69, 9.17) is 0 Å². The number of hydrogen-bond acceptors (Lipinski definition) is 0. The largest absolute Gasteiger partial charge is 0.0763 e. The molecule has 2 atom stereocenters. The first kappa shape index (κ1) is 32.7. The first-order chi connectivity index (χ1) is 27.7. The first-order valence-corrected chi connectivity index (χ1v) is 20.0. The fourth-order valence-corrected chi connectivity index (χ4v) is 9.66. The quantitative estimate of drug-likeness (QED) is 0.167. The molecular formula is C56H40. The monoisotopic (exact) mass is 712 g/mol. The molecule has 2 aliphatic rings. The molecule has 11 rings (SSSR count). The highest BCUT2D eigenvalue weighted by Crippen LogP contribution is 2.53. The summed E-state index contributed by atoms with van der Waals surface area (Å²) in [6.07, 6.45) is 4.51. The highest BCUT2D eigenvalue weighted by atomic mass is 14.4. The third-order valence-electron chi connectivity index (χ3n) is 12.4. The van der Waals surface area contributed by atoms with Gasteiger partial charge in [0.1, 0.15) is 0 Å². The average molecular weight is 713 g/mol. The zero-order chi connectivity index (χ0) is 37.0. The van der Waals surface area contributed by atoms with Gasteiger partial charge in [-0.05, 0) is 130 Å². The van der Waals surface area contributed by atoms with Crippen LogP contribution in [-0.4, -0.2) is 0 Å². The van der Waals surface area contributed by atoms with Crippen molar-refractivity contribution in [3.63, 3.8) is 0 Å². The molecule has 9 aromatic carbocycles. The topological polar surface area (TPSA) is 0 Å². The Morgan fingerprint density at radius 1 is 0.339 bits per heavy atom. The molecule has 0 bridgehead atoms. The summed E-state index contributed by atoms with van der Waals surface area (Å²) in [7, 11) is 0. The van der Waals surface area contributed by atoms with E-state index in [1.807, 2.05) is 0 Å². The lowest BCUT2D eigenvalue weighted by Crippen LogP contribution is -2.29. The number of hydrogen-bond donors (Lipinski definition) is 0. The lowest BCUT2D eigenvalue weighted by Gasteiger charge is -2.37. The molecule has 9 aromatic rings. The Labute approximate surface area is 328 Å². The summed E-state index contributed by atoms with van der Waals surface area (Å²) in [5, 5.41) is 7.79. The Hall–Kier alpha value is -6.76. The summed E-state index contributed by atoms with van der Waals surface area (Å²) in [5.74, 6) is 0.237. The van der Waals surface area contributed by atoms with Crippen LogP contribution in [0.3, 0.4) is 0 Å². The van der Waals surface area contributed by atoms with Crippen LogP contribution in [-0.2, 0) is 0 Å². The Morgan fingerprint density at radius 2 is 0.929 bits per heavy atom. The molecule has 2 aliphatic carbocycles. The molecule has 2 unspecified atom stereocenters. The molecule has 264 valence electrons. The molecule has 0 saturated heterocycles. The predicted octanol–water partition coefficient (Wildman–Crippen LogP) is 13.0. The molecule has 0 N–H and O–H groups in total. The van der Waals surface area contributed by atoms with Crippen molar-refractivity contribution < 1.29 is 0 Å². The Kier molecular flexibility index (Phi) is 7.88. The number of rotatable bonds is 5. The summed E-state index contributed by atoms with van der Waals surface area (Å²) in [4.78, 5) is 0. The molecule has 0 spiro atoms. The second-order valence-corrected chi connectivity index (χ2v) is 15.5. The van der Waals surface area contributed by atoms with E-state index in [2.05, 4.69) is 206 Å². The average Bonchev–Trinajstić information content (AvgIpc) is 3.28. The Bertz CT molecular complexity index is 3090. The van der Waals surface area contributed by atoms with Gasteiger partial charge in [0.25, 0.3) is 0 Å². The van der Waals surface area contributed by atoms with Crippen molar-refractivity contribution in [3.05, 3.63) is 238 Å². The van der Waals surface area contributed by atoms with Crippen molar-refractivity contribution in [2.24, 2.45) is 0 Å². The second-order valence-electron chi connectivity index (χ2n) is 15.5. The van der Waals surface area contributed by atoms with Crippen LogP contribution in [0.4, 0.5) is 0 Å². The van der Waals surface area contributed by atoms with Gasteiger partial charge in [0.15, 0.2) is 0 Å². The third-order valence-corrected chi connectivity index (χ3v) is 12.4. The van der Waals surface area contributed by atoms with E-state index in [-0.39, 0.29) is 11.8 Å². The summed E-state index contributed by atoms with van der Waals surface area (Å²) >= 11 is 0. The lowest BCUT2D eigenvalue weighted by molar-refractivity contribution is 0.685. The zero-order valence-electron chi connectivity index (χ0n) is 31.2. The first-order valence-electron chi connectivity index (χ1n) is 20.0. The predicted molar refractivity (Wildman–Crippen MR) is 236 cm³/mol. The highest BCUT2D eigenvalue weighted by molar-refractivity contribution is 5.89. The summed E-state index contributed by atoms with van der Waals surface area (Å²) in [6.45, 7) is 0. The van der Waals surface area contributed by atoms with Gasteiger partial charge in [0, 0.05) is 11.8 Å². The van der Waals surface area contributed by atoms with Crippen LogP contribution >= 0.6 is 0 Å². The van der Waals surface area contributed by atoms with Crippen LogP contribution < -0.4 is 10.4 Å². The van der Waals surface area contributed by atoms with Gasteiger partial charge in [-0.1, -0.05) is 188 Å². The van der Waals surface area contributed by atoms with Crippen LogP contribution in [0.25, 0.3) is 66.6 Å². The molecule has 56 heavy (non-hydrogen) atoms. The Morgan fingerprint density at radius 3 is 1.71 bits per heavy atom. The van der Waals surface area contributed by atoms with E-state index in [9.17, 15) is 0 Å². The molecule has 0 radical (unpaired) electrons. The molecule has 0 aromatic heterocycles. The lowest BCUT2D eigenvalue weighted by atomic mass is 9.66. The molecule has 0 amide bonds. The maximum absolute atomic E-state index is 2.51. The smallest absolute Gasteiger partial charge is 0.0205 e. The van der Waals surface area contributed by atoms with Crippen molar-refractivity contribution in [1.29, 1.82) is 0 Å². The van der Waals surface area contributed by atoms with Gasteiger partial charge in [-0.3, -0.25) is 0 Å². The van der Waals surface area contributed by atoms with Crippen LogP contribution in [0, 0.1) is 0 Å². The third kappa shape index (κ3) is 5.61. The van der Waals surface area contributed by atoms with Crippen molar-refractivity contribution >= 4 is 33.2 Å². The minimum Gasteiger partial charge on any atom is -0.0763 e. The van der Waals surface area contributed by atoms with Gasteiger partial charge in [0.2, 0.25) is 0 Å². The maximum Gasteiger partial charge on any atom is 0.0205 e. The standard InChI is InChI=1S/C56H40/c1-3-14-42-33-44(29-25-37(42)11-1)39-23-27-41(28-24-39)55-53-21-8-7-20-51(53)52-32-31-46(45-30-26-38-12-2-4-15-43(38)34-45)36-54(52)56(55)48-18-9-17-47(35-48)50-22-10-16-40-13-5-6-19-49(40)50/h1-9,11-21,23-36,55-56H,10,22H2. The van der Waals surface area contributed by atoms with Gasteiger partial charge in [0.05, 0.1) is 0 Å². The van der Waals surface area contributed by atoms with E-state index in [0.29, 0.717) is 0 Å². The van der Waals surface area contributed by atoms with Gasteiger partial charge < -0.3 is 0 Å². The van der Waals surface area contributed by atoms with Gasteiger partial charge in [-0.25, -0.2) is 0 Å². The number of benzene rings is 9. The van der Waals surface area contributed by atoms with E-state index < -0.39 is 0 Å². The van der Waals surface area contributed by atoms with Crippen LogP contribution in [0.15, 0.2) is 200 Å². The Balaban J connectivity index is 1.11. The summed E-state index contributed by atoms with van der Waals surface area (Å²) < 4.78 is 0. The van der Waals surface area contributed by atoms with Gasteiger partial charge in [-0.2, -0.15) is 0 Å². The molecule has 0 saturated carbocycles. The highest BCUT2D eigenvalue weighted by Gasteiger charge is 2.36. The molecule has 0 heteroatoms. The van der Waals surface area contributed by atoms with Crippen LogP contribution in [0.2, 0.25) is 0 Å². The second kappa shape index (κ2) is 13.5. The fourth-order valence-electron chi connectivity index (χ4n) is 9.66. The summed E-state index contributed by atoms with van der Waals surface area (Å²) in [5.41, 5.74) is 15.9. The minimum atomic E-state index is 0.109. The van der Waals surface area contributed by atoms with Crippen molar-refractivity contribution in [2.75, 3.05) is 0 Å². The normalized spacial score (nSPS) is 15.8. The SMILES string of the molecule is C1=c2ccccc2=C(c2cccc(C3c4cc(-c5ccc6ccccc6c5)ccc4-c4ccccc4C3c3ccc(-c4ccc5ccccc5c4)cc3)c2)CC1. The fraction of sp³-hybridized carbons (Fsp3) is 0.0714. The van der Waals surface area contributed by atoms with E-state index in [1.165, 1.54) is 98.8 Å². The van der Waals surface area contributed by atoms with Crippen molar-refractivity contribution in [1.82, 2.24) is 0 Å². The van der Waals surface area contributed by atoms with Crippen molar-refractivity contribution in [2.45, 2.75) is 24.7 Å². The molecule has 0 nitrogen and oxygen atoms in total. The van der Waals surface area contributed by atoms with Crippen LogP contribution in [0.1, 0.15) is 52.5 Å². The molecule has 0 fully saturated rings. The molecule has 0 aliphatic heterocycles. The molecular weight excluding hydrogens is 673 g/mol.